The van der Waals surface area contributed by atoms with Crippen molar-refractivity contribution in [3.05, 3.63) is 47.6 Å². The molecule has 6 aliphatic heterocycles. The first-order valence-electron chi connectivity index (χ1n) is 38.0. The summed E-state index contributed by atoms with van der Waals surface area (Å²) in [5.41, 5.74) is -5.40. The summed E-state index contributed by atoms with van der Waals surface area (Å²) in [5, 5.41) is 200. The standard InChI is InChI=1S/C75H112O35/c1-30-44(81)48(85)53(90)63(99-30)107-59-58(105-43(80)17-12-33-10-13-34(97-9)14-11-33)32(3)101-67(60(59)108-64-56(93)51(88)57(31(2)100-64)106-62-52(89)47(84)40(28-98-62)104-65-54(91)49(86)45(82)38(26-76)102-65)110-69(96)74-21-20-70(4,5)24-36(74)35-15-16-41-71(6)25-37(79)61(109-66-55(92)50(87)46(83)39(27-77)103-66)73(8,68(94)95)42(71)18-19-72(41,7)75(35,29-78)23-22-74/h10-15,17,30-32,36-42,44-67,76-79,81-93H,16,18-29H2,1-9H3,(H,94,95)/b17-12-/t30-,31-,32+,36?,37-,38+,39+,40+,41?,42?,44-,45-,46+,47-,48+,49-,50-,51-,52+,53+,54+,55+,56+,57-,58-,59-,60+,61-,62-,63-,64-,65-,66-,67-,71+,72+,73-,74-,75-/m0/s1. The van der Waals surface area contributed by atoms with Crippen molar-refractivity contribution >= 4 is 24.0 Å². The van der Waals surface area contributed by atoms with Crippen LogP contribution in [0.2, 0.25) is 0 Å². The molecule has 0 spiro atoms. The van der Waals surface area contributed by atoms with Crippen molar-refractivity contribution in [3.8, 4) is 5.75 Å². The van der Waals surface area contributed by atoms with Crippen LogP contribution in [0.15, 0.2) is 42.0 Å². The SMILES string of the molecule is COc1ccc(/C=C\C(=O)O[C@@H]2[C@H](O[C@@H]3O[C@@H](C)[C@H](O)[C@@H](O)[C@H]3O)[C@@H](O[C@@H]3O[C@@H](C)[C@H](O[C@@H]4OC[C@@H](O[C@@H]5O[C@H](CO)[C@H](O)[C@H](O)[C@H]5O)[C@H](O)[C@H]4O)[C@@H](O)[C@H]3O)[C@H](OC(=O)[C@]34CCC(C)(C)CC3C3=CCC5[C@@]6(C)C[C@H](O)[C@H](O[C@@H]7O[C@H](CO)[C@@H](O)[C@H](O)[C@H]7O)[C@@](C)(C(=O)O)C6CC[C@@]5(C)[C@]3(CO)CC4)O[C@@H]2C)cc1. The van der Waals surface area contributed by atoms with Gasteiger partial charge in [0, 0.05) is 11.5 Å². The number of aliphatic hydroxyl groups excluding tert-OH is 17. The second-order valence-electron chi connectivity index (χ2n) is 33.7. The largest absolute Gasteiger partial charge is 0.497 e. The molecule has 0 radical (unpaired) electrons. The lowest BCUT2D eigenvalue weighted by atomic mass is 9.33. The third-order valence-corrected chi connectivity index (χ3v) is 26.9. The van der Waals surface area contributed by atoms with Gasteiger partial charge in [0.2, 0.25) is 6.29 Å². The van der Waals surface area contributed by atoms with Crippen LogP contribution in [-0.4, -0.2) is 334 Å². The summed E-state index contributed by atoms with van der Waals surface area (Å²) in [6, 6.07) is 6.64. The normalized spacial score (nSPS) is 50.2. The van der Waals surface area contributed by atoms with E-state index < -0.39 is 285 Å². The Kier molecular flexibility index (Phi) is 25.3. The monoisotopic (exact) mass is 1570 g/mol. The Hall–Kier alpha value is -4.21. The highest BCUT2D eigenvalue weighted by molar-refractivity contribution is 5.87. The molecule has 0 bridgehead atoms. The zero-order valence-electron chi connectivity index (χ0n) is 62.9. The second kappa shape index (κ2) is 32.7. The fraction of sp³-hybridized carbons (Fsp3) is 0.827. The van der Waals surface area contributed by atoms with E-state index in [1.165, 1.54) is 40.9 Å². The average Bonchev–Trinajstić information content (AvgIpc) is 0.668. The van der Waals surface area contributed by atoms with Gasteiger partial charge in [-0.2, -0.15) is 0 Å². The Morgan fingerprint density at radius 2 is 1.06 bits per heavy atom. The Morgan fingerprint density at radius 3 is 1.66 bits per heavy atom. The average molecular weight is 1570 g/mol. The summed E-state index contributed by atoms with van der Waals surface area (Å²) < 4.78 is 85.3. The zero-order chi connectivity index (χ0) is 80.1. The molecule has 12 rings (SSSR count). The number of carbonyl (C=O) groups is 3. The number of aliphatic carboxylic acids is 1. The zero-order valence-corrected chi connectivity index (χ0v) is 62.9. The smallest absolute Gasteiger partial charge is 0.331 e. The third kappa shape index (κ3) is 15.0. The van der Waals surface area contributed by atoms with Crippen LogP contribution >= 0.6 is 0 Å². The number of methoxy groups -OCH3 is 1. The molecule has 622 valence electrons. The minimum atomic E-state index is -2.18. The van der Waals surface area contributed by atoms with Crippen molar-refractivity contribution in [3.63, 3.8) is 0 Å². The highest BCUT2D eigenvalue weighted by Crippen LogP contribution is 2.76. The predicted molar refractivity (Wildman–Crippen MR) is 368 cm³/mol. The highest BCUT2D eigenvalue weighted by Gasteiger charge is 2.74. The number of allylic oxidation sites excluding steroid dienone is 1. The molecule has 110 heavy (non-hydrogen) atoms. The minimum absolute atomic E-state index is 0.0281. The molecule has 4 saturated carbocycles. The quantitative estimate of drug-likeness (QED) is 0.0262. The van der Waals surface area contributed by atoms with Crippen LogP contribution in [0.5, 0.6) is 5.75 Å². The van der Waals surface area contributed by atoms with Crippen molar-refractivity contribution < 1.29 is 173 Å². The lowest BCUT2D eigenvalue weighted by Gasteiger charge is -2.71. The van der Waals surface area contributed by atoms with Crippen LogP contribution in [-0.2, 0) is 76.0 Å². The van der Waals surface area contributed by atoms with Gasteiger partial charge in [0.15, 0.2) is 43.7 Å². The Labute approximate surface area is 635 Å². The number of ether oxygens (including phenoxy) is 14. The maximum absolute atomic E-state index is 16.4. The summed E-state index contributed by atoms with van der Waals surface area (Å²) in [4.78, 5) is 44.7. The van der Waals surface area contributed by atoms with Crippen molar-refractivity contribution in [1.82, 2.24) is 0 Å². The molecule has 35 nitrogen and oxygen atoms in total. The molecule has 0 amide bonds. The van der Waals surface area contributed by atoms with Gasteiger partial charge >= 0.3 is 17.9 Å². The number of benzene rings is 1. The summed E-state index contributed by atoms with van der Waals surface area (Å²) in [7, 11) is 1.48. The van der Waals surface area contributed by atoms with E-state index in [4.69, 9.17) is 66.3 Å². The van der Waals surface area contributed by atoms with E-state index in [1.807, 2.05) is 13.0 Å². The molecular formula is C75H112O35. The highest BCUT2D eigenvalue weighted by atomic mass is 16.8. The lowest BCUT2D eigenvalue weighted by Crippen LogP contribution is -2.71. The molecule has 39 atom stereocenters. The lowest BCUT2D eigenvalue weighted by molar-refractivity contribution is -0.392. The number of hydrogen-bond donors (Lipinski definition) is 18. The van der Waals surface area contributed by atoms with Gasteiger partial charge in [-0.1, -0.05) is 51.5 Å². The van der Waals surface area contributed by atoms with E-state index in [1.54, 1.807) is 24.3 Å². The van der Waals surface area contributed by atoms with Gasteiger partial charge in [-0.25, -0.2) is 4.79 Å². The van der Waals surface area contributed by atoms with Crippen molar-refractivity contribution in [2.75, 3.05) is 33.5 Å². The van der Waals surface area contributed by atoms with Crippen molar-refractivity contribution in [1.29, 1.82) is 0 Å². The van der Waals surface area contributed by atoms with E-state index in [9.17, 15) is 102 Å². The number of carbonyl (C=O) groups excluding carboxylic acids is 2. The van der Waals surface area contributed by atoms with E-state index in [0.717, 1.165) is 11.6 Å². The van der Waals surface area contributed by atoms with Crippen LogP contribution < -0.4 is 4.74 Å². The van der Waals surface area contributed by atoms with Gasteiger partial charge in [0.25, 0.3) is 0 Å². The molecule has 6 saturated heterocycles. The summed E-state index contributed by atoms with van der Waals surface area (Å²) in [6.07, 6.45) is -47.6. The van der Waals surface area contributed by atoms with Gasteiger partial charge in [0.05, 0.1) is 68.8 Å². The molecule has 1 aromatic carbocycles. The number of aliphatic hydroxyl groups is 17. The van der Waals surface area contributed by atoms with Crippen LogP contribution in [0, 0.1) is 50.2 Å². The fourth-order valence-electron chi connectivity index (χ4n) is 20.4. The number of hydrogen-bond acceptors (Lipinski definition) is 34. The molecule has 18 N–H and O–H groups in total. The van der Waals surface area contributed by atoms with Crippen LogP contribution in [0.3, 0.4) is 0 Å². The summed E-state index contributed by atoms with van der Waals surface area (Å²) in [6.45, 7) is 11.2. The van der Waals surface area contributed by atoms with Crippen LogP contribution in [0.25, 0.3) is 6.08 Å². The molecule has 1 aromatic rings. The van der Waals surface area contributed by atoms with Crippen LogP contribution in [0.1, 0.15) is 119 Å². The molecular weight excluding hydrogens is 1460 g/mol. The molecule has 3 unspecified atom stereocenters. The minimum Gasteiger partial charge on any atom is -0.497 e. The molecule has 35 heteroatoms. The number of carboxylic acids is 1. The van der Waals surface area contributed by atoms with E-state index in [0.29, 0.717) is 30.6 Å². The summed E-state index contributed by atoms with van der Waals surface area (Å²) in [5.74, 6) is -4.46. The fourth-order valence-corrected chi connectivity index (χ4v) is 20.4. The van der Waals surface area contributed by atoms with Gasteiger partial charge in [-0.05, 0) is 143 Å². The molecule has 10 fully saturated rings. The van der Waals surface area contributed by atoms with Gasteiger partial charge in [-0.3, -0.25) is 9.59 Å². The maximum atomic E-state index is 16.4. The predicted octanol–water partition coefficient (Wildman–Crippen LogP) is -3.38. The Morgan fingerprint density at radius 1 is 0.527 bits per heavy atom. The first kappa shape index (κ1) is 85.2. The number of rotatable bonds is 20. The third-order valence-electron chi connectivity index (χ3n) is 26.9. The molecule has 6 heterocycles. The van der Waals surface area contributed by atoms with Gasteiger partial charge < -0.3 is 158 Å². The summed E-state index contributed by atoms with van der Waals surface area (Å²) >= 11 is 0. The van der Waals surface area contributed by atoms with E-state index in [2.05, 4.69) is 20.8 Å². The topological polar surface area (TPSA) is 545 Å². The Balaban J connectivity index is 0.857. The van der Waals surface area contributed by atoms with Gasteiger partial charge in [0.1, 0.15) is 122 Å². The maximum Gasteiger partial charge on any atom is 0.331 e. The van der Waals surface area contributed by atoms with Crippen molar-refractivity contribution in [2.45, 2.75) is 304 Å². The molecule has 5 aliphatic carbocycles. The van der Waals surface area contributed by atoms with Crippen LogP contribution in [0.4, 0.5) is 0 Å². The van der Waals surface area contributed by atoms with E-state index in [-0.39, 0.29) is 38.5 Å². The molecule has 11 aliphatic rings. The first-order chi connectivity index (χ1) is 51.8. The second-order valence-corrected chi connectivity index (χ2v) is 33.7. The van der Waals surface area contributed by atoms with Crippen molar-refractivity contribution in [2.24, 2.45) is 50.2 Å². The number of esters is 2. The molecule has 0 aromatic heterocycles. The number of fused-ring (bicyclic) bond motifs is 7. The Bertz CT molecular complexity index is 3420. The first-order valence-corrected chi connectivity index (χ1v) is 38.0. The number of carboxylic acid groups (broad SMARTS) is 1. The van der Waals surface area contributed by atoms with Gasteiger partial charge in [-0.15, -0.1) is 0 Å². The van der Waals surface area contributed by atoms with E-state index >= 15 is 4.79 Å².